The van der Waals surface area contributed by atoms with Crippen molar-refractivity contribution in [3.05, 3.63) is 22.7 Å². The van der Waals surface area contributed by atoms with Crippen LogP contribution in [0.5, 0.6) is 11.5 Å². The van der Waals surface area contributed by atoms with Gasteiger partial charge in [-0.2, -0.15) is 5.10 Å². The number of nitrogens with zero attached hydrogens (tertiary/aromatic N) is 2. The van der Waals surface area contributed by atoms with Crippen molar-refractivity contribution < 1.29 is 14.3 Å². The van der Waals surface area contributed by atoms with Gasteiger partial charge in [0.1, 0.15) is 19.0 Å². The number of halogens is 1. The highest BCUT2D eigenvalue weighted by Gasteiger charge is 2.25. The Hall–Kier alpha value is -2.21. The Bertz CT molecular complexity index is 677. The molecule has 0 saturated heterocycles. The molecule has 104 valence electrons. The van der Waals surface area contributed by atoms with Gasteiger partial charge >= 0.3 is 0 Å². The van der Waals surface area contributed by atoms with Gasteiger partial charge in [-0.3, -0.25) is 9.48 Å². The molecule has 20 heavy (non-hydrogen) atoms. The van der Waals surface area contributed by atoms with Gasteiger partial charge < -0.3 is 15.2 Å². The SMILES string of the molecule is Cn1nc(-c2c(Cl)cc(C=O)c3c2OCCO3)cc1N. The predicted molar refractivity (Wildman–Crippen MR) is 74.4 cm³/mol. The number of carbonyl (C=O) groups is 1. The monoisotopic (exact) mass is 293 g/mol. The lowest BCUT2D eigenvalue weighted by Crippen LogP contribution is -2.17. The van der Waals surface area contributed by atoms with Crippen LogP contribution >= 0.6 is 11.6 Å². The molecule has 1 aliphatic rings. The zero-order valence-corrected chi connectivity index (χ0v) is 11.5. The minimum absolute atomic E-state index is 0.359. The third kappa shape index (κ3) is 1.89. The molecule has 0 amide bonds. The molecule has 0 atom stereocenters. The standard InChI is InChI=1S/C13H12ClN3O3/c1-17-10(15)5-9(16-17)11-8(14)4-7(6-18)12-13(11)20-3-2-19-12/h4-6H,2-3,15H2,1H3. The number of anilines is 1. The van der Waals surface area contributed by atoms with Crippen molar-refractivity contribution in [1.82, 2.24) is 9.78 Å². The summed E-state index contributed by atoms with van der Waals surface area (Å²) in [6.45, 7) is 0.778. The molecule has 0 aliphatic carbocycles. The lowest BCUT2D eigenvalue weighted by Gasteiger charge is -2.22. The average Bonchev–Trinajstić information content (AvgIpc) is 2.77. The quantitative estimate of drug-likeness (QED) is 0.856. The molecule has 1 aromatic heterocycles. The van der Waals surface area contributed by atoms with Gasteiger partial charge in [0.05, 0.1) is 21.8 Å². The number of aromatic nitrogens is 2. The lowest BCUT2D eigenvalue weighted by molar-refractivity contribution is 0.111. The van der Waals surface area contributed by atoms with Gasteiger partial charge in [-0.25, -0.2) is 0 Å². The summed E-state index contributed by atoms with van der Waals surface area (Å²) in [4.78, 5) is 11.1. The smallest absolute Gasteiger partial charge is 0.173 e. The molecule has 7 heteroatoms. The molecule has 0 unspecified atom stereocenters. The van der Waals surface area contributed by atoms with Gasteiger partial charge in [0, 0.05) is 13.1 Å². The zero-order valence-electron chi connectivity index (χ0n) is 10.7. The summed E-state index contributed by atoms with van der Waals surface area (Å²) in [5.74, 6) is 1.33. The molecule has 2 aromatic rings. The van der Waals surface area contributed by atoms with Crippen molar-refractivity contribution in [2.75, 3.05) is 18.9 Å². The third-order valence-electron chi connectivity index (χ3n) is 3.09. The second-order valence-electron chi connectivity index (χ2n) is 4.37. The molecule has 1 aliphatic heterocycles. The summed E-state index contributed by atoms with van der Waals surface area (Å²) < 4.78 is 12.7. The van der Waals surface area contributed by atoms with Gasteiger partial charge in [0.15, 0.2) is 17.8 Å². The summed E-state index contributed by atoms with van der Waals surface area (Å²) in [5.41, 5.74) is 7.31. The molecule has 6 nitrogen and oxygen atoms in total. The number of hydrogen-bond acceptors (Lipinski definition) is 5. The topological polar surface area (TPSA) is 79.4 Å². The second kappa shape index (κ2) is 4.72. The van der Waals surface area contributed by atoms with Crippen molar-refractivity contribution >= 4 is 23.7 Å². The maximum absolute atomic E-state index is 11.1. The van der Waals surface area contributed by atoms with Gasteiger partial charge in [-0.05, 0) is 6.07 Å². The fraction of sp³-hybridized carbons (Fsp3) is 0.231. The zero-order chi connectivity index (χ0) is 14.3. The number of benzene rings is 1. The van der Waals surface area contributed by atoms with Gasteiger partial charge in [0.2, 0.25) is 0 Å². The van der Waals surface area contributed by atoms with Crippen LogP contribution in [-0.4, -0.2) is 29.3 Å². The van der Waals surface area contributed by atoms with Crippen LogP contribution in [0, 0.1) is 0 Å². The summed E-state index contributed by atoms with van der Waals surface area (Å²) in [6, 6.07) is 3.24. The Morgan fingerprint density at radius 1 is 1.35 bits per heavy atom. The molecule has 3 rings (SSSR count). The van der Waals surface area contributed by atoms with Crippen molar-refractivity contribution in [1.29, 1.82) is 0 Å². The molecule has 0 radical (unpaired) electrons. The highest BCUT2D eigenvalue weighted by Crippen LogP contribution is 2.46. The molecule has 2 heterocycles. The summed E-state index contributed by atoms with van der Waals surface area (Å²) in [6.07, 6.45) is 0.690. The number of ether oxygens (including phenoxy) is 2. The molecule has 0 bridgehead atoms. The van der Waals surface area contributed by atoms with E-state index in [0.29, 0.717) is 58.7 Å². The van der Waals surface area contributed by atoms with Crippen LogP contribution in [0.15, 0.2) is 12.1 Å². The van der Waals surface area contributed by atoms with Crippen LogP contribution in [-0.2, 0) is 7.05 Å². The average molecular weight is 294 g/mol. The highest BCUT2D eigenvalue weighted by molar-refractivity contribution is 6.34. The first kappa shape index (κ1) is 12.8. The van der Waals surface area contributed by atoms with E-state index in [2.05, 4.69) is 5.10 Å². The van der Waals surface area contributed by atoms with Crippen LogP contribution in [0.2, 0.25) is 5.02 Å². The van der Waals surface area contributed by atoms with E-state index in [9.17, 15) is 4.79 Å². The van der Waals surface area contributed by atoms with Crippen LogP contribution in [0.3, 0.4) is 0 Å². The van der Waals surface area contributed by atoms with Crippen molar-refractivity contribution in [3.8, 4) is 22.8 Å². The Morgan fingerprint density at radius 3 is 2.65 bits per heavy atom. The normalized spacial score (nSPS) is 13.3. The van der Waals surface area contributed by atoms with Gasteiger partial charge in [-0.15, -0.1) is 0 Å². The number of nitrogens with two attached hydrogens (primary N) is 1. The van der Waals surface area contributed by atoms with Crippen molar-refractivity contribution in [3.63, 3.8) is 0 Å². The van der Waals surface area contributed by atoms with Crippen LogP contribution in [0.1, 0.15) is 10.4 Å². The molecule has 0 fully saturated rings. The number of nitrogen functional groups attached to an aromatic ring is 1. The Morgan fingerprint density at radius 2 is 2.05 bits per heavy atom. The first-order valence-corrected chi connectivity index (χ1v) is 6.36. The van der Waals surface area contributed by atoms with E-state index in [-0.39, 0.29) is 0 Å². The first-order chi connectivity index (χ1) is 9.61. The summed E-state index contributed by atoms with van der Waals surface area (Å²) in [5, 5.41) is 4.66. The fourth-order valence-electron chi connectivity index (χ4n) is 2.13. The molecular weight excluding hydrogens is 282 g/mol. The number of hydrogen-bond donors (Lipinski definition) is 1. The summed E-state index contributed by atoms with van der Waals surface area (Å²) >= 11 is 6.26. The Labute approximate surface area is 120 Å². The van der Waals surface area contributed by atoms with Crippen molar-refractivity contribution in [2.24, 2.45) is 7.05 Å². The minimum Gasteiger partial charge on any atom is -0.485 e. The molecule has 0 spiro atoms. The Kier molecular flexibility index (Phi) is 3.02. The number of carbonyl (C=O) groups excluding carboxylic acids is 1. The molecule has 0 saturated carbocycles. The Balaban J connectivity index is 2.27. The minimum atomic E-state index is 0.359. The van der Waals surface area contributed by atoms with Gasteiger partial charge in [-0.1, -0.05) is 11.6 Å². The van der Waals surface area contributed by atoms with E-state index in [1.807, 2.05) is 0 Å². The van der Waals surface area contributed by atoms with E-state index < -0.39 is 0 Å². The first-order valence-electron chi connectivity index (χ1n) is 5.99. The van der Waals surface area contributed by atoms with Crippen LogP contribution in [0.4, 0.5) is 5.82 Å². The molecular formula is C13H12ClN3O3. The van der Waals surface area contributed by atoms with Crippen molar-refractivity contribution in [2.45, 2.75) is 0 Å². The number of aryl methyl sites for hydroxylation is 1. The number of rotatable bonds is 2. The lowest BCUT2D eigenvalue weighted by atomic mass is 10.1. The fourth-order valence-corrected chi connectivity index (χ4v) is 2.43. The second-order valence-corrected chi connectivity index (χ2v) is 4.78. The van der Waals surface area contributed by atoms with E-state index in [1.54, 1.807) is 19.2 Å². The number of fused-ring (bicyclic) bond motifs is 1. The summed E-state index contributed by atoms with van der Waals surface area (Å²) in [7, 11) is 1.73. The van der Waals surface area contributed by atoms with Gasteiger partial charge in [0.25, 0.3) is 0 Å². The maximum atomic E-state index is 11.1. The van der Waals surface area contributed by atoms with E-state index in [1.165, 1.54) is 4.68 Å². The molecule has 1 aromatic carbocycles. The van der Waals surface area contributed by atoms with E-state index in [4.69, 9.17) is 26.8 Å². The van der Waals surface area contributed by atoms with E-state index >= 15 is 0 Å². The van der Waals surface area contributed by atoms with Crippen LogP contribution in [0.25, 0.3) is 11.3 Å². The largest absolute Gasteiger partial charge is 0.485 e. The maximum Gasteiger partial charge on any atom is 0.173 e. The predicted octanol–water partition coefficient (Wildman–Crippen LogP) is 1.91. The highest BCUT2D eigenvalue weighted by atomic mass is 35.5. The van der Waals surface area contributed by atoms with E-state index in [0.717, 1.165) is 0 Å². The molecule has 2 N–H and O–H groups in total. The third-order valence-corrected chi connectivity index (χ3v) is 3.39. The number of aldehydes is 1. The van der Waals surface area contributed by atoms with Crippen LogP contribution < -0.4 is 15.2 Å².